The van der Waals surface area contributed by atoms with E-state index in [0.29, 0.717) is 12.2 Å². The van der Waals surface area contributed by atoms with Crippen LogP contribution < -0.4 is 4.74 Å². The minimum atomic E-state index is -4.32. The molecule has 0 aromatic heterocycles. The van der Waals surface area contributed by atoms with Gasteiger partial charge in [-0.05, 0) is 36.6 Å². The average molecular weight is 232 g/mol. The van der Waals surface area contributed by atoms with Gasteiger partial charge in [0.1, 0.15) is 5.75 Å². The van der Waals surface area contributed by atoms with Crippen molar-refractivity contribution in [3.05, 3.63) is 29.3 Å². The molecule has 0 atom stereocenters. The van der Waals surface area contributed by atoms with Gasteiger partial charge in [0.15, 0.2) is 0 Å². The third-order valence-corrected chi connectivity index (χ3v) is 2.23. The van der Waals surface area contributed by atoms with Crippen molar-refractivity contribution in [2.45, 2.75) is 32.9 Å². The summed E-state index contributed by atoms with van der Waals surface area (Å²) in [6.07, 6.45) is -4.32. The number of ether oxygens (including phenoxy) is 1. The highest BCUT2D eigenvalue weighted by Gasteiger charge is 2.31. The zero-order chi connectivity index (χ0) is 12.3. The van der Waals surface area contributed by atoms with Gasteiger partial charge in [-0.3, -0.25) is 0 Å². The first-order chi connectivity index (χ1) is 7.34. The highest BCUT2D eigenvalue weighted by atomic mass is 19.4. The Bertz CT molecular complexity index is 356. The molecule has 0 saturated heterocycles. The van der Waals surface area contributed by atoms with Gasteiger partial charge in [-0.1, -0.05) is 13.8 Å². The molecule has 0 radical (unpaired) electrons. The molecule has 0 fully saturated rings. The highest BCUT2D eigenvalue weighted by molar-refractivity contribution is 5.37. The van der Waals surface area contributed by atoms with E-state index in [2.05, 4.69) is 0 Å². The van der Waals surface area contributed by atoms with E-state index < -0.39 is 11.7 Å². The molecule has 90 valence electrons. The Morgan fingerprint density at radius 3 is 2.25 bits per heavy atom. The van der Waals surface area contributed by atoms with Crippen molar-refractivity contribution < 1.29 is 17.9 Å². The summed E-state index contributed by atoms with van der Waals surface area (Å²) >= 11 is 0. The first-order valence-electron chi connectivity index (χ1n) is 5.19. The van der Waals surface area contributed by atoms with Crippen LogP contribution in [0.4, 0.5) is 13.2 Å². The molecule has 0 amide bonds. The lowest BCUT2D eigenvalue weighted by molar-refractivity contribution is -0.137. The van der Waals surface area contributed by atoms with Crippen LogP contribution in [0, 0.1) is 0 Å². The zero-order valence-corrected chi connectivity index (χ0v) is 9.56. The number of hydrogen-bond acceptors (Lipinski definition) is 1. The minimum Gasteiger partial charge on any atom is -0.494 e. The van der Waals surface area contributed by atoms with Crippen LogP contribution in [0.1, 0.15) is 37.8 Å². The minimum absolute atomic E-state index is 0.0431. The molecule has 0 aliphatic rings. The molecule has 1 aromatic carbocycles. The summed E-state index contributed by atoms with van der Waals surface area (Å²) in [5.41, 5.74) is -0.0135. The molecule has 0 aliphatic heterocycles. The zero-order valence-electron chi connectivity index (χ0n) is 9.56. The lowest BCUT2D eigenvalue weighted by Gasteiger charge is -2.14. The highest BCUT2D eigenvalue weighted by Crippen LogP contribution is 2.34. The summed E-state index contributed by atoms with van der Waals surface area (Å²) in [5, 5.41) is 0. The Morgan fingerprint density at radius 2 is 1.81 bits per heavy atom. The molecule has 16 heavy (non-hydrogen) atoms. The summed E-state index contributed by atoms with van der Waals surface area (Å²) < 4.78 is 42.9. The van der Waals surface area contributed by atoms with Crippen LogP contribution in [0.25, 0.3) is 0 Å². The summed E-state index contributed by atoms with van der Waals surface area (Å²) in [7, 11) is 0. The Balaban J connectivity index is 3.19. The van der Waals surface area contributed by atoms with Crippen molar-refractivity contribution in [1.29, 1.82) is 0 Å². The maximum absolute atomic E-state index is 12.6. The molecule has 0 unspecified atom stereocenters. The fourth-order valence-electron chi connectivity index (χ4n) is 1.37. The first-order valence-corrected chi connectivity index (χ1v) is 5.19. The van der Waals surface area contributed by atoms with E-state index in [1.54, 1.807) is 13.0 Å². The molecule has 0 bridgehead atoms. The lowest BCUT2D eigenvalue weighted by atomic mass is 10.00. The van der Waals surface area contributed by atoms with Gasteiger partial charge in [0.25, 0.3) is 0 Å². The van der Waals surface area contributed by atoms with Crippen molar-refractivity contribution in [1.82, 2.24) is 0 Å². The topological polar surface area (TPSA) is 9.23 Å². The van der Waals surface area contributed by atoms with E-state index >= 15 is 0 Å². The van der Waals surface area contributed by atoms with Crippen LogP contribution >= 0.6 is 0 Å². The fraction of sp³-hybridized carbons (Fsp3) is 0.500. The molecule has 0 N–H and O–H groups in total. The Morgan fingerprint density at radius 1 is 1.19 bits per heavy atom. The van der Waals surface area contributed by atoms with Gasteiger partial charge in [-0.15, -0.1) is 0 Å². The van der Waals surface area contributed by atoms with Crippen molar-refractivity contribution in [2.24, 2.45) is 0 Å². The quantitative estimate of drug-likeness (QED) is 0.757. The van der Waals surface area contributed by atoms with E-state index in [1.165, 1.54) is 6.07 Å². The molecule has 0 saturated carbocycles. The number of hydrogen-bond donors (Lipinski definition) is 0. The van der Waals surface area contributed by atoms with E-state index in [9.17, 15) is 13.2 Å². The third kappa shape index (κ3) is 3.15. The smallest absolute Gasteiger partial charge is 0.416 e. The molecule has 0 spiro atoms. The van der Waals surface area contributed by atoms with Crippen LogP contribution in [-0.4, -0.2) is 6.61 Å². The second-order valence-corrected chi connectivity index (χ2v) is 3.88. The van der Waals surface area contributed by atoms with Gasteiger partial charge in [0.05, 0.1) is 12.2 Å². The number of benzene rings is 1. The van der Waals surface area contributed by atoms with Crippen LogP contribution in [-0.2, 0) is 6.18 Å². The second-order valence-electron chi connectivity index (χ2n) is 3.88. The third-order valence-electron chi connectivity index (χ3n) is 2.23. The molecular weight excluding hydrogens is 217 g/mol. The van der Waals surface area contributed by atoms with Crippen LogP contribution in [0.2, 0.25) is 0 Å². The molecule has 0 aliphatic carbocycles. The van der Waals surface area contributed by atoms with E-state index in [0.717, 1.165) is 6.07 Å². The molecule has 1 nitrogen and oxygen atoms in total. The molecular formula is C12H15F3O. The van der Waals surface area contributed by atoms with E-state index in [4.69, 9.17) is 4.74 Å². The second kappa shape index (κ2) is 4.76. The maximum atomic E-state index is 12.6. The van der Waals surface area contributed by atoms with Crippen molar-refractivity contribution in [3.63, 3.8) is 0 Å². The summed E-state index contributed by atoms with van der Waals surface area (Å²) in [6.45, 7) is 5.81. The van der Waals surface area contributed by atoms with E-state index in [-0.39, 0.29) is 11.7 Å². The predicted molar refractivity (Wildman–Crippen MR) is 56.7 cm³/mol. The van der Waals surface area contributed by atoms with Crippen molar-refractivity contribution in [2.75, 3.05) is 6.61 Å². The molecule has 1 rings (SSSR count). The van der Waals surface area contributed by atoms with Gasteiger partial charge >= 0.3 is 6.18 Å². The maximum Gasteiger partial charge on any atom is 0.416 e. The van der Waals surface area contributed by atoms with Gasteiger partial charge in [-0.2, -0.15) is 13.2 Å². The first kappa shape index (κ1) is 12.9. The fourth-order valence-corrected chi connectivity index (χ4v) is 1.37. The summed E-state index contributed by atoms with van der Waals surface area (Å²) in [6, 6.07) is 3.87. The van der Waals surface area contributed by atoms with E-state index in [1.807, 2.05) is 13.8 Å². The average Bonchev–Trinajstić information content (AvgIpc) is 2.16. The monoisotopic (exact) mass is 232 g/mol. The standard InChI is InChI=1S/C12H15F3O/c1-4-16-11-6-9(8(2)3)5-10(7-11)12(13,14)15/h5-8H,4H2,1-3H3. The predicted octanol–water partition coefficient (Wildman–Crippen LogP) is 4.23. The molecule has 1 aromatic rings. The summed E-state index contributed by atoms with van der Waals surface area (Å²) in [4.78, 5) is 0. The lowest BCUT2D eigenvalue weighted by Crippen LogP contribution is -2.07. The number of halogens is 3. The van der Waals surface area contributed by atoms with Crippen LogP contribution in [0.3, 0.4) is 0 Å². The molecule has 0 heterocycles. The SMILES string of the molecule is CCOc1cc(C(C)C)cc(C(F)(F)F)c1. The number of rotatable bonds is 3. The Labute approximate surface area is 93.2 Å². The largest absolute Gasteiger partial charge is 0.494 e. The van der Waals surface area contributed by atoms with Crippen LogP contribution in [0.5, 0.6) is 5.75 Å². The van der Waals surface area contributed by atoms with Gasteiger partial charge in [0, 0.05) is 0 Å². The number of alkyl halides is 3. The summed E-state index contributed by atoms with van der Waals surface area (Å²) in [5.74, 6) is 0.322. The van der Waals surface area contributed by atoms with Crippen molar-refractivity contribution >= 4 is 0 Å². The van der Waals surface area contributed by atoms with Gasteiger partial charge < -0.3 is 4.74 Å². The Kier molecular flexibility index (Phi) is 3.83. The van der Waals surface area contributed by atoms with Crippen LogP contribution in [0.15, 0.2) is 18.2 Å². The van der Waals surface area contributed by atoms with Gasteiger partial charge in [-0.25, -0.2) is 0 Å². The Hall–Kier alpha value is -1.19. The molecule has 4 heteroatoms. The normalized spacial score (nSPS) is 11.9. The van der Waals surface area contributed by atoms with Gasteiger partial charge in [0.2, 0.25) is 0 Å². The van der Waals surface area contributed by atoms with Crippen molar-refractivity contribution in [3.8, 4) is 5.75 Å².